The van der Waals surface area contributed by atoms with Gasteiger partial charge in [-0.15, -0.1) is 0 Å². The minimum Gasteiger partial charge on any atom is -0.300 e. The fourth-order valence-electron chi connectivity index (χ4n) is 3.05. The lowest BCUT2D eigenvalue weighted by atomic mass is 10.3. The number of amides is 4. The minimum atomic E-state index is -0.125. The molecule has 0 saturated carbocycles. The molecule has 2 aliphatic heterocycles. The summed E-state index contributed by atoms with van der Waals surface area (Å²) >= 11 is 0. The Hall–Kier alpha value is -1.24. The van der Waals surface area contributed by atoms with Crippen molar-refractivity contribution in [2.45, 2.75) is 59.5 Å². The first-order valence-corrected chi connectivity index (χ1v) is 11.1. The molecule has 6 nitrogen and oxygen atoms in total. The molecule has 2 saturated heterocycles. The molecule has 0 unspecified atom stereocenters. The molecule has 0 aromatic carbocycles. The molecular formula is C15H32N4O2Si. The number of carbonyl (C=O) groups is 2. The number of likely N-dealkylation sites (N-methyl/N-ethyl adjacent to an activating group) is 4. The molecule has 7 heteroatoms. The molecule has 2 fully saturated rings. The number of hydrogen-bond donors (Lipinski definition) is 0. The maximum absolute atomic E-state index is 12.3. The molecule has 0 radical (unpaired) electrons. The van der Waals surface area contributed by atoms with Crippen molar-refractivity contribution in [3.05, 3.63) is 0 Å². The molecule has 22 heavy (non-hydrogen) atoms. The molecule has 0 bridgehead atoms. The first-order chi connectivity index (χ1) is 10.5. The molecule has 0 aliphatic carbocycles. The highest BCUT2D eigenvalue weighted by Gasteiger charge is 2.57. The van der Waals surface area contributed by atoms with E-state index in [-0.39, 0.29) is 24.4 Å². The van der Waals surface area contributed by atoms with Crippen molar-refractivity contribution >= 4 is 21.6 Å². The van der Waals surface area contributed by atoms with Crippen LogP contribution in [0.2, 0.25) is 12.6 Å². The third kappa shape index (κ3) is 3.09. The van der Waals surface area contributed by atoms with Gasteiger partial charge in [-0.25, -0.2) is 9.59 Å². The summed E-state index contributed by atoms with van der Waals surface area (Å²) in [5.41, 5.74) is 0. The van der Waals surface area contributed by atoms with Gasteiger partial charge in [-0.3, -0.25) is 0 Å². The van der Waals surface area contributed by atoms with E-state index in [0.717, 1.165) is 0 Å². The molecule has 0 spiro atoms. The lowest BCUT2D eigenvalue weighted by Crippen LogP contribution is -2.46. The van der Waals surface area contributed by atoms with Crippen LogP contribution < -0.4 is 0 Å². The molecule has 0 atom stereocenters. The highest BCUT2D eigenvalue weighted by molar-refractivity contribution is 6.33. The predicted octanol–water partition coefficient (Wildman–Crippen LogP) is 1.83. The number of rotatable bonds is 5. The van der Waals surface area contributed by atoms with Crippen LogP contribution in [0.5, 0.6) is 0 Å². The number of carbonyl (C=O) groups excluding carboxylic acids is 2. The van der Waals surface area contributed by atoms with E-state index in [1.165, 1.54) is 6.04 Å². The van der Waals surface area contributed by atoms with E-state index in [4.69, 9.17) is 0 Å². The summed E-state index contributed by atoms with van der Waals surface area (Å²) in [6.45, 7) is 14.9. The van der Waals surface area contributed by atoms with Crippen molar-refractivity contribution in [1.82, 2.24) is 19.6 Å². The van der Waals surface area contributed by atoms with Gasteiger partial charge < -0.3 is 19.6 Å². The molecule has 0 aromatic rings. The van der Waals surface area contributed by atoms with Crippen LogP contribution >= 0.6 is 0 Å². The van der Waals surface area contributed by atoms with Crippen LogP contribution in [-0.2, 0) is 0 Å². The summed E-state index contributed by atoms with van der Waals surface area (Å²) in [6.07, 6.45) is -0.250. The van der Waals surface area contributed by atoms with E-state index in [0.29, 0.717) is 35.7 Å². The fraction of sp³-hybridized carbons (Fsp3) is 0.867. The Labute approximate surface area is 137 Å². The van der Waals surface area contributed by atoms with Crippen molar-refractivity contribution in [3.8, 4) is 0 Å². The fourth-order valence-corrected chi connectivity index (χ4v) is 3.05. The third-order valence-corrected chi connectivity index (χ3v) is 5.39. The van der Waals surface area contributed by atoms with Crippen LogP contribution in [0.4, 0.5) is 9.59 Å². The van der Waals surface area contributed by atoms with E-state index < -0.39 is 0 Å². The van der Waals surface area contributed by atoms with E-state index >= 15 is 0 Å². The van der Waals surface area contributed by atoms with Crippen LogP contribution in [-0.4, -0.2) is 79.7 Å². The van der Waals surface area contributed by atoms with E-state index in [2.05, 4.69) is 13.5 Å². The summed E-state index contributed by atoms with van der Waals surface area (Å²) in [5.74, 6) is 0. The lowest BCUT2D eigenvalue weighted by Gasteiger charge is -2.27. The third-order valence-electron chi connectivity index (χ3n) is 4.39. The van der Waals surface area contributed by atoms with Crippen molar-refractivity contribution in [2.24, 2.45) is 0 Å². The lowest BCUT2D eigenvalue weighted by molar-refractivity contribution is 0.134. The van der Waals surface area contributed by atoms with Crippen LogP contribution in [0.25, 0.3) is 0 Å². The maximum Gasteiger partial charge on any atom is 0.323 e. The monoisotopic (exact) mass is 328 g/mol. The standard InChI is InChI=1S/C12H22N4O2.C3H10Si/c1-5-13-9-10(15(7-3)11(13)17)16(8-4)12(18)14(9)6-2;1-3-4-2/h9-10H,5-8H2,1-4H3;3-4H2,1-2H3. The van der Waals surface area contributed by atoms with E-state index in [1.807, 2.05) is 27.7 Å². The average molecular weight is 329 g/mol. The summed E-state index contributed by atoms with van der Waals surface area (Å²) in [6, 6.07) is 1.54. The summed E-state index contributed by atoms with van der Waals surface area (Å²) in [5, 5.41) is 0. The van der Waals surface area contributed by atoms with Gasteiger partial charge in [0.25, 0.3) is 0 Å². The van der Waals surface area contributed by atoms with Gasteiger partial charge >= 0.3 is 12.1 Å². The molecule has 4 amide bonds. The second-order valence-corrected chi connectivity index (χ2v) is 7.54. The van der Waals surface area contributed by atoms with Crippen molar-refractivity contribution < 1.29 is 9.59 Å². The van der Waals surface area contributed by atoms with Crippen LogP contribution in [0.1, 0.15) is 34.6 Å². The van der Waals surface area contributed by atoms with Crippen molar-refractivity contribution in [2.75, 3.05) is 26.2 Å². The second-order valence-electron chi connectivity index (χ2n) is 5.54. The summed E-state index contributed by atoms with van der Waals surface area (Å²) in [7, 11) is 0.424. The molecule has 2 heterocycles. The first-order valence-electron chi connectivity index (χ1n) is 8.68. The largest absolute Gasteiger partial charge is 0.323 e. The molecule has 128 valence electrons. The normalized spacial score (nSPS) is 24.5. The first kappa shape index (κ1) is 18.8. The Morgan fingerprint density at radius 2 is 0.955 bits per heavy atom. The van der Waals surface area contributed by atoms with Crippen molar-refractivity contribution in [3.63, 3.8) is 0 Å². The molecular weight excluding hydrogens is 296 g/mol. The maximum atomic E-state index is 12.3. The average Bonchev–Trinajstić information content (AvgIpc) is 2.96. The Bertz CT molecular complexity index is 330. The van der Waals surface area contributed by atoms with Gasteiger partial charge in [0.1, 0.15) is 12.3 Å². The Morgan fingerprint density at radius 3 is 1.09 bits per heavy atom. The highest BCUT2D eigenvalue weighted by Crippen LogP contribution is 2.34. The zero-order valence-corrected chi connectivity index (χ0v) is 16.4. The van der Waals surface area contributed by atoms with Gasteiger partial charge in [0.2, 0.25) is 0 Å². The Kier molecular flexibility index (Phi) is 7.18. The van der Waals surface area contributed by atoms with Crippen molar-refractivity contribution in [1.29, 1.82) is 0 Å². The molecule has 2 rings (SSSR count). The van der Waals surface area contributed by atoms with Gasteiger partial charge in [0.15, 0.2) is 0 Å². The number of hydrogen-bond acceptors (Lipinski definition) is 2. The van der Waals surface area contributed by atoms with Gasteiger partial charge in [-0.05, 0) is 27.7 Å². The van der Waals surface area contributed by atoms with Gasteiger partial charge in [-0.1, -0.05) is 19.5 Å². The van der Waals surface area contributed by atoms with Crippen LogP contribution in [0, 0.1) is 0 Å². The quantitative estimate of drug-likeness (QED) is 0.723. The highest BCUT2D eigenvalue weighted by atomic mass is 28.2. The zero-order valence-electron chi connectivity index (χ0n) is 15.0. The molecule has 0 aromatic heterocycles. The molecule has 2 aliphatic rings. The number of urea groups is 2. The summed E-state index contributed by atoms with van der Waals surface area (Å²) in [4.78, 5) is 31.8. The Balaban J connectivity index is 0.000000541. The van der Waals surface area contributed by atoms with E-state index in [1.54, 1.807) is 19.6 Å². The SMILES string of the molecule is CCN1C(=O)N(CC)C2C1N(CC)C(=O)N2CC.CC[SiH2]C. The zero-order chi connectivity index (χ0) is 16.9. The van der Waals surface area contributed by atoms with Crippen LogP contribution in [0.3, 0.4) is 0 Å². The predicted molar refractivity (Wildman–Crippen MR) is 92.8 cm³/mol. The summed E-state index contributed by atoms with van der Waals surface area (Å²) < 4.78 is 0. The minimum absolute atomic E-state index is 0.0411. The van der Waals surface area contributed by atoms with Gasteiger partial charge in [0.05, 0.1) is 0 Å². The molecule has 0 N–H and O–H groups in total. The smallest absolute Gasteiger partial charge is 0.300 e. The second kappa shape index (κ2) is 8.41. The van der Waals surface area contributed by atoms with Gasteiger partial charge in [-0.2, -0.15) is 0 Å². The topological polar surface area (TPSA) is 47.1 Å². The number of fused-ring (bicyclic) bond motifs is 1. The van der Waals surface area contributed by atoms with Crippen LogP contribution in [0.15, 0.2) is 0 Å². The number of nitrogens with zero attached hydrogens (tertiary/aromatic N) is 4. The Morgan fingerprint density at radius 1 is 0.727 bits per heavy atom. The van der Waals surface area contributed by atoms with E-state index in [9.17, 15) is 9.59 Å². The van der Waals surface area contributed by atoms with Gasteiger partial charge in [0, 0.05) is 35.7 Å².